The summed E-state index contributed by atoms with van der Waals surface area (Å²) in [5, 5.41) is 3.24. The minimum atomic E-state index is -0.234. The SMILES string of the molecule is CCC(C)(C)C1CCC(NC(=O)[C@@H]2CC(=O)N(c3cccc(C)c3)C2)CC1. The molecule has 0 aromatic heterocycles. The van der Waals surface area contributed by atoms with E-state index >= 15 is 0 Å². The van der Waals surface area contributed by atoms with Crippen molar-refractivity contribution in [2.75, 3.05) is 11.4 Å². The van der Waals surface area contributed by atoms with Crippen LogP contribution < -0.4 is 10.2 Å². The lowest BCUT2D eigenvalue weighted by atomic mass is 9.69. The van der Waals surface area contributed by atoms with Crippen LogP contribution in [0.1, 0.15) is 64.9 Å². The third-order valence-corrected chi connectivity index (χ3v) is 6.90. The molecule has 2 fully saturated rings. The van der Waals surface area contributed by atoms with Gasteiger partial charge in [-0.2, -0.15) is 0 Å². The third-order valence-electron chi connectivity index (χ3n) is 6.90. The molecule has 1 heterocycles. The highest BCUT2D eigenvalue weighted by molar-refractivity contribution is 6.00. The molecule has 4 nitrogen and oxygen atoms in total. The summed E-state index contributed by atoms with van der Waals surface area (Å²) in [4.78, 5) is 26.9. The van der Waals surface area contributed by atoms with Crippen molar-refractivity contribution in [1.82, 2.24) is 5.32 Å². The first-order valence-electron chi connectivity index (χ1n) is 10.5. The highest BCUT2D eigenvalue weighted by atomic mass is 16.2. The summed E-state index contributed by atoms with van der Waals surface area (Å²) < 4.78 is 0. The van der Waals surface area contributed by atoms with Gasteiger partial charge in [-0.3, -0.25) is 9.59 Å². The van der Waals surface area contributed by atoms with E-state index in [0.717, 1.165) is 30.0 Å². The molecule has 2 aliphatic rings. The maximum absolute atomic E-state index is 12.7. The van der Waals surface area contributed by atoms with Gasteiger partial charge in [0, 0.05) is 24.7 Å². The average Bonchev–Trinajstić information content (AvgIpc) is 3.04. The lowest BCUT2D eigenvalue weighted by molar-refractivity contribution is -0.127. The molecule has 0 radical (unpaired) electrons. The molecule has 27 heavy (non-hydrogen) atoms. The Balaban J connectivity index is 1.53. The second-order valence-electron chi connectivity index (χ2n) is 9.14. The van der Waals surface area contributed by atoms with E-state index in [4.69, 9.17) is 0 Å². The Kier molecular flexibility index (Phi) is 5.92. The summed E-state index contributed by atoms with van der Waals surface area (Å²) in [6, 6.07) is 8.20. The predicted molar refractivity (Wildman–Crippen MR) is 110 cm³/mol. The van der Waals surface area contributed by atoms with E-state index in [0.29, 0.717) is 18.4 Å². The van der Waals surface area contributed by atoms with E-state index in [1.165, 1.54) is 19.3 Å². The van der Waals surface area contributed by atoms with Gasteiger partial charge in [0.15, 0.2) is 0 Å². The Morgan fingerprint density at radius 3 is 2.56 bits per heavy atom. The second-order valence-corrected chi connectivity index (χ2v) is 9.14. The fraction of sp³-hybridized carbons (Fsp3) is 0.652. The van der Waals surface area contributed by atoms with Gasteiger partial charge in [0.25, 0.3) is 0 Å². The van der Waals surface area contributed by atoms with Crippen molar-refractivity contribution in [2.45, 2.75) is 72.3 Å². The number of aryl methyl sites for hydroxylation is 1. The van der Waals surface area contributed by atoms with Gasteiger partial charge in [0.1, 0.15) is 0 Å². The molecule has 4 heteroatoms. The Hall–Kier alpha value is -1.84. The quantitative estimate of drug-likeness (QED) is 0.832. The zero-order chi connectivity index (χ0) is 19.6. The number of rotatable bonds is 5. The van der Waals surface area contributed by atoms with E-state index in [1.807, 2.05) is 31.2 Å². The molecule has 1 aliphatic carbocycles. The Morgan fingerprint density at radius 1 is 1.22 bits per heavy atom. The number of nitrogens with one attached hydrogen (secondary N) is 1. The van der Waals surface area contributed by atoms with Crippen molar-refractivity contribution in [3.63, 3.8) is 0 Å². The largest absolute Gasteiger partial charge is 0.353 e. The molecule has 3 rings (SSSR count). The van der Waals surface area contributed by atoms with E-state index < -0.39 is 0 Å². The average molecular weight is 371 g/mol. The first kappa shape index (κ1) is 19.9. The van der Waals surface area contributed by atoms with Crippen LogP contribution in [-0.4, -0.2) is 24.4 Å². The Morgan fingerprint density at radius 2 is 1.93 bits per heavy atom. The molecule has 0 unspecified atom stereocenters. The molecule has 0 spiro atoms. The fourth-order valence-electron chi connectivity index (χ4n) is 4.56. The molecule has 1 saturated carbocycles. The number of nitrogens with zero attached hydrogens (tertiary/aromatic N) is 1. The zero-order valence-electron chi connectivity index (χ0n) is 17.3. The summed E-state index contributed by atoms with van der Waals surface area (Å²) >= 11 is 0. The minimum absolute atomic E-state index is 0.0501. The number of benzene rings is 1. The van der Waals surface area contributed by atoms with Crippen LogP contribution in [0.15, 0.2) is 24.3 Å². The molecule has 1 N–H and O–H groups in total. The molecule has 1 aromatic carbocycles. The summed E-state index contributed by atoms with van der Waals surface area (Å²) in [5.74, 6) is 0.620. The maximum atomic E-state index is 12.7. The van der Waals surface area contributed by atoms with E-state index in [1.54, 1.807) is 4.90 Å². The number of carbonyl (C=O) groups is 2. The van der Waals surface area contributed by atoms with Crippen LogP contribution in [0.25, 0.3) is 0 Å². The van der Waals surface area contributed by atoms with Gasteiger partial charge in [-0.05, 0) is 61.6 Å². The van der Waals surface area contributed by atoms with Crippen LogP contribution in [0.4, 0.5) is 5.69 Å². The van der Waals surface area contributed by atoms with Crippen molar-refractivity contribution < 1.29 is 9.59 Å². The van der Waals surface area contributed by atoms with Gasteiger partial charge in [-0.25, -0.2) is 0 Å². The number of amides is 2. The standard InChI is InChI=1S/C23H34N2O2/c1-5-23(3,4)18-9-11-19(12-10-18)24-22(27)17-14-21(26)25(15-17)20-8-6-7-16(2)13-20/h6-8,13,17-19H,5,9-12,14-15H2,1-4H3,(H,24,27)/t17-,18?,19?/m1/s1. The van der Waals surface area contributed by atoms with Crippen LogP contribution in [0, 0.1) is 24.2 Å². The van der Waals surface area contributed by atoms with E-state index in [2.05, 4.69) is 26.1 Å². The molecule has 1 saturated heterocycles. The van der Waals surface area contributed by atoms with E-state index in [-0.39, 0.29) is 23.8 Å². The highest BCUT2D eigenvalue weighted by Crippen LogP contribution is 2.40. The molecular weight excluding hydrogens is 336 g/mol. The number of carbonyl (C=O) groups excluding carboxylic acids is 2. The topological polar surface area (TPSA) is 49.4 Å². The molecular formula is C23H34N2O2. The third kappa shape index (κ3) is 4.53. The summed E-state index contributed by atoms with van der Waals surface area (Å²) in [6.45, 7) is 9.50. The monoisotopic (exact) mass is 370 g/mol. The van der Waals surface area contributed by atoms with Gasteiger partial charge in [-0.1, -0.05) is 39.3 Å². The van der Waals surface area contributed by atoms with Crippen molar-refractivity contribution in [3.8, 4) is 0 Å². The lowest BCUT2D eigenvalue weighted by Gasteiger charge is -2.39. The normalized spacial score (nSPS) is 26.3. The van der Waals surface area contributed by atoms with E-state index in [9.17, 15) is 9.59 Å². The molecule has 0 bridgehead atoms. The van der Waals surface area contributed by atoms with Gasteiger partial charge in [-0.15, -0.1) is 0 Å². The first-order valence-corrected chi connectivity index (χ1v) is 10.5. The fourth-order valence-corrected chi connectivity index (χ4v) is 4.56. The van der Waals surface area contributed by atoms with Crippen LogP contribution in [-0.2, 0) is 9.59 Å². The first-order chi connectivity index (χ1) is 12.8. The number of anilines is 1. The summed E-state index contributed by atoms with van der Waals surface area (Å²) in [6.07, 6.45) is 6.01. The van der Waals surface area contributed by atoms with Crippen molar-refractivity contribution in [1.29, 1.82) is 0 Å². The number of hydrogen-bond donors (Lipinski definition) is 1. The molecule has 2 amide bonds. The Bertz CT molecular complexity index is 689. The molecule has 1 aromatic rings. The van der Waals surface area contributed by atoms with Crippen molar-refractivity contribution in [2.24, 2.45) is 17.3 Å². The smallest absolute Gasteiger partial charge is 0.227 e. The zero-order valence-corrected chi connectivity index (χ0v) is 17.3. The molecule has 1 atom stereocenters. The lowest BCUT2D eigenvalue weighted by Crippen LogP contribution is -2.43. The van der Waals surface area contributed by atoms with Gasteiger partial charge in [0.2, 0.25) is 11.8 Å². The van der Waals surface area contributed by atoms with Crippen molar-refractivity contribution >= 4 is 17.5 Å². The van der Waals surface area contributed by atoms with Crippen LogP contribution >= 0.6 is 0 Å². The maximum Gasteiger partial charge on any atom is 0.227 e. The predicted octanol–water partition coefficient (Wildman–Crippen LogP) is 4.46. The molecule has 148 valence electrons. The second kappa shape index (κ2) is 8.04. The summed E-state index contributed by atoms with van der Waals surface area (Å²) in [7, 11) is 0. The summed E-state index contributed by atoms with van der Waals surface area (Å²) in [5.41, 5.74) is 2.42. The minimum Gasteiger partial charge on any atom is -0.353 e. The highest BCUT2D eigenvalue weighted by Gasteiger charge is 2.37. The Labute approximate surface area is 163 Å². The number of hydrogen-bond acceptors (Lipinski definition) is 2. The molecule has 1 aliphatic heterocycles. The van der Waals surface area contributed by atoms with Crippen molar-refractivity contribution in [3.05, 3.63) is 29.8 Å². The van der Waals surface area contributed by atoms with Gasteiger partial charge >= 0.3 is 0 Å². The van der Waals surface area contributed by atoms with Crippen LogP contribution in [0.3, 0.4) is 0 Å². The van der Waals surface area contributed by atoms with Gasteiger partial charge < -0.3 is 10.2 Å². The van der Waals surface area contributed by atoms with Crippen LogP contribution in [0.5, 0.6) is 0 Å². The van der Waals surface area contributed by atoms with Gasteiger partial charge in [0.05, 0.1) is 5.92 Å². The van der Waals surface area contributed by atoms with Crippen LogP contribution in [0.2, 0.25) is 0 Å².